The molecule has 8 heteroatoms. The number of nitrogens with zero attached hydrogens (tertiary/aromatic N) is 2. The van der Waals surface area contributed by atoms with Crippen LogP contribution in [0.5, 0.6) is 0 Å². The number of para-hydroxylation sites is 1. The molecule has 2 aromatic carbocycles. The van der Waals surface area contributed by atoms with Crippen LogP contribution in [0.25, 0.3) is 10.9 Å². The molecule has 1 atom stereocenters. The Kier molecular flexibility index (Phi) is 5.39. The molecule has 3 aliphatic rings. The van der Waals surface area contributed by atoms with Crippen molar-refractivity contribution in [2.75, 3.05) is 13.1 Å². The van der Waals surface area contributed by atoms with Gasteiger partial charge in [0.15, 0.2) is 0 Å². The highest BCUT2D eigenvalue weighted by atomic mass is 16.2. The maximum atomic E-state index is 13.3. The van der Waals surface area contributed by atoms with Gasteiger partial charge in [-0.25, -0.2) is 0 Å². The second-order valence-electron chi connectivity index (χ2n) is 10.1. The van der Waals surface area contributed by atoms with Crippen LogP contribution in [0.1, 0.15) is 69.1 Å². The largest absolute Gasteiger partial charge is 0.350 e. The molecule has 3 aromatic rings. The number of piperidine rings is 2. The van der Waals surface area contributed by atoms with E-state index in [0.717, 1.165) is 34.9 Å². The van der Waals surface area contributed by atoms with E-state index in [1.165, 1.54) is 5.56 Å². The minimum Gasteiger partial charge on any atom is -0.350 e. The van der Waals surface area contributed by atoms with Crippen LogP contribution in [0.15, 0.2) is 42.5 Å². The summed E-state index contributed by atoms with van der Waals surface area (Å²) in [6, 6.07) is 13.3. The summed E-state index contributed by atoms with van der Waals surface area (Å²) < 4.78 is 0. The number of benzene rings is 2. The molecular formula is C28H28N4O4. The zero-order valence-corrected chi connectivity index (χ0v) is 20.2. The second-order valence-corrected chi connectivity index (χ2v) is 10.1. The van der Waals surface area contributed by atoms with Gasteiger partial charge in [-0.05, 0) is 60.9 Å². The Morgan fingerprint density at radius 1 is 1.00 bits per heavy atom. The predicted octanol–water partition coefficient (Wildman–Crippen LogP) is 3.26. The van der Waals surface area contributed by atoms with Crippen molar-refractivity contribution in [1.29, 1.82) is 0 Å². The van der Waals surface area contributed by atoms with Gasteiger partial charge in [0.05, 0.1) is 0 Å². The number of rotatable bonds is 3. The first kappa shape index (κ1) is 22.5. The third-order valence-corrected chi connectivity index (χ3v) is 7.98. The van der Waals surface area contributed by atoms with Crippen LogP contribution in [0, 0.1) is 6.92 Å². The van der Waals surface area contributed by atoms with Gasteiger partial charge in [0.25, 0.3) is 11.8 Å². The average Bonchev–Trinajstić information content (AvgIpc) is 3.40. The number of carbonyl (C=O) groups is 4. The van der Waals surface area contributed by atoms with Crippen molar-refractivity contribution < 1.29 is 19.2 Å². The summed E-state index contributed by atoms with van der Waals surface area (Å²) in [5, 5.41) is 3.42. The average molecular weight is 485 g/mol. The quantitative estimate of drug-likeness (QED) is 0.557. The van der Waals surface area contributed by atoms with E-state index in [1.54, 1.807) is 4.90 Å². The number of H-pyrrole nitrogens is 1. The Labute approximate surface area is 208 Å². The van der Waals surface area contributed by atoms with Crippen LogP contribution in [-0.2, 0) is 16.1 Å². The minimum atomic E-state index is -0.603. The minimum absolute atomic E-state index is 0.0431. The van der Waals surface area contributed by atoms with Gasteiger partial charge in [-0.15, -0.1) is 0 Å². The summed E-state index contributed by atoms with van der Waals surface area (Å²) in [6.45, 7) is 3.72. The number of amides is 4. The molecular weight excluding hydrogens is 456 g/mol. The Balaban J connectivity index is 1.13. The topological polar surface area (TPSA) is 103 Å². The van der Waals surface area contributed by atoms with Crippen LogP contribution < -0.4 is 5.32 Å². The lowest BCUT2D eigenvalue weighted by atomic mass is 9.87. The molecule has 6 rings (SSSR count). The summed E-state index contributed by atoms with van der Waals surface area (Å²) in [5.41, 5.74) is 5.36. The Hall–Kier alpha value is -3.94. The van der Waals surface area contributed by atoms with Gasteiger partial charge in [-0.1, -0.05) is 30.3 Å². The van der Waals surface area contributed by atoms with Crippen LogP contribution >= 0.6 is 0 Å². The molecule has 184 valence electrons. The Bertz CT molecular complexity index is 1420. The number of fused-ring (bicyclic) bond motifs is 2. The summed E-state index contributed by atoms with van der Waals surface area (Å²) in [4.78, 5) is 56.8. The summed E-state index contributed by atoms with van der Waals surface area (Å²) in [7, 11) is 0. The van der Waals surface area contributed by atoms with E-state index in [9.17, 15) is 19.2 Å². The van der Waals surface area contributed by atoms with E-state index >= 15 is 0 Å². The predicted molar refractivity (Wildman–Crippen MR) is 133 cm³/mol. The van der Waals surface area contributed by atoms with Crippen LogP contribution in [0.2, 0.25) is 0 Å². The van der Waals surface area contributed by atoms with E-state index < -0.39 is 11.9 Å². The van der Waals surface area contributed by atoms with E-state index in [-0.39, 0.29) is 24.1 Å². The molecule has 2 fully saturated rings. The number of hydrogen-bond donors (Lipinski definition) is 2. The van der Waals surface area contributed by atoms with Crippen LogP contribution in [0.4, 0.5) is 0 Å². The van der Waals surface area contributed by atoms with Crippen LogP contribution in [-0.4, -0.2) is 57.5 Å². The van der Waals surface area contributed by atoms with E-state index in [0.29, 0.717) is 43.2 Å². The highest BCUT2D eigenvalue weighted by Crippen LogP contribution is 2.34. The van der Waals surface area contributed by atoms with Gasteiger partial charge < -0.3 is 14.8 Å². The molecule has 4 amide bonds. The SMILES string of the molecule is Cc1c(C(=O)N2CCC(c3ccc4c(c3)CN(C3CCC(=O)NC3=O)C4=O)CC2)[nH]c2ccccc12. The number of aryl methyl sites for hydroxylation is 1. The highest BCUT2D eigenvalue weighted by Gasteiger charge is 2.39. The van der Waals surface area contributed by atoms with E-state index in [1.807, 2.05) is 48.2 Å². The molecule has 1 aromatic heterocycles. The smallest absolute Gasteiger partial charge is 0.270 e. The Morgan fingerprint density at radius 2 is 1.78 bits per heavy atom. The standard InChI is InChI=1S/C28H28N4O4/c1-16-20-4-2-3-5-22(20)29-25(16)28(36)31-12-10-17(11-13-31)18-6-7-21-19(14-18)15-32(27(21)35)23-8-9-24(33)30-26(23)34/h2-7,14,17,23,29H,8-13,15H2,1H3,(H,30,33,34). The fourth-order valence-corrected chi connectivity index (χ4v) is 5.92. The zero-order chi connectivity index (χ0) is 25.0. The number of aromatic amines is 1. The molecule has 0 radical (unpaired) electrons. The number of hydrogen-bond acceptors (Lipinski definition) is 4. The second kappa shape index (κ2) is 8.62. The van der Waals surface area contributed by atoms with Gasteiger partial charge in [0, 0.05) is 42.5 Å². The molecule has 0 bridgehead atoms. The third-order valence-electron chi connectivity index (χ3n) is 7.98. The van der Waals surface area contributed by atoms with E-state index in [4.69, 9.17) is 0 Å². The van der Waals surface area contributed by atoms with Crippen LogP contribution in [0.3, 0.4) is 0 Å². The summed E-state index contributed by atoms with van der Waals surface area (Å²) in [5.74, 6) is -0.480. The normalized spacial score (nSPS) is 20.7. The van der Waals surface area contributed by atoms with Gasteiger partial charge in [0.2, 0.25) is 11.8 Å². The maximum Gasteiger partial charge on any atom is 0.270 e. The number of likely N-dealkylation sites (tertiary alicyclic amines) is 1. The van der Waals surface area contributed by atoms with Gasteiger partial charge in [-0.2, -0.15) is 0 Å². The molecule has 0 saturated carbocycles. The fourth-order valence-electron chi connectivity index (χ4n) is 5.92. The molecule has 3 aliphatic heterocycles. The monoisotopic (exact) mass is 484 g/mol. The molecule has 0 spiro atoms. The van der Waals surface area contributed by atoms with E-state index in [2.05, 4.69) is 16.4 Å². The molecule has 2 N–H and O–H groups in total. The van der Waals surface area contributed by atoms with Gasteiger partial charge in [-0.3, -0.25) is 24.5 Å². The summed E-state index contributed by atoms with van der Waals surface area (Å²) in [6.07, 6.45) is 2.32. The van der Waals surface area contributed by atoms with Crippen molar-refractivity contribution in [2.24, 2.45) is 0 Å². The number of imide groups is 1. The third kappa shape index (κ3) is 3.68. The van der Waals surface area contributed by atoms with Crippen molar-refractivity contribution in [3.05, 3.63) is 70.4 Å². The molecule has 2 saturated heterocycles. The lowest BCUT2D eigenvalue weighted by molar-refractivity contribution is -0.136. The Morgan fingerprint density at radius 3 is 2.53 bits per heavy atom. The van der Waals surface area contributed by atoms with Crippen molar-refractivity contribution >= 4 is 34.5 Å². The number of nitrogens with one attached hydrogen (secondary N) is 2. The number of carbonyl (C=O) groups excluding carboxylic acids is 4. The van der Waals surface area contributed by atoms with Crippen molar-refractivity contribution in [3.63, 3.8) is 0 Å². The molecule has 8 nitrogen and oxygen atoms in total. The number of aromatic nitrogens is 1. The van der Waals surface area contributed by atoms with Gasteiger partial charge in [0.1, 0.15) is 11.7 Å². The summed E-state index contributed by atoms with van der Waals surface area (Å²) >= 11 is 0. The first-order valence-corrected chi connectivity index (χ1v) is 12.5. The molecule has 4 heterocycles. The lowest BCUT2D eigenvalue weighted by Gasteiger charge is -2.32. The van der Waals surface area contributed by atoms with Crippen molar-refractivity contribution in [3.8, 4) is 0 Å². The fraction of sp³-hybridized carbons (Fsp3) is 0.357. The van der Waals surface area contributed by atoms with Crippen molar-refractivity contribution in [2.45, 2.75) is 51.1 Å². The maximum absolute atomic E-state index is 13.3. The molecule has 1 unspecified atom stereocenters. The molecule has 36 heavy (non-hydrogen) atoms. The first-order chi connectivity index (χ1) is 17.4. The van der Waals surface area contributed by atoms with Crippen molar-refractivity contribution in [1.82, 2.24) is 20.1 Å². The first-order valence-electron chi connectivity index (χ1n) is 12.5. The lowest BCUT2D eigenvalue weighted by Crippen LogP contribution is -2.52. The highest BCUT2D eigenvalue weighted by molar-refractivity contribution is 6.05. The van der Waals surface area contributed by atoms with Gasteiger partial charge >= 0.3 is 0 Å². The molecule has 0 aliphatic carbocycles. The zero-order valence-electron chi connectivity index (χ0n) is 20.2.